The number of hydrogen-bond acceptors (Lipinski definition) is 2. The second-order valence-electron chi connectivity index (χ2n) is 5.10. The summed E-state index contributed by atoms with van der Waals surface area (Å²) in [5, 5.41) is 0. The standard InChI is InChI=1S/C18H20FNO2/c1-20(13-14-22-17-5-3-2-4-6-17)18(21)12-9-15-7-10-16(19)11-8-15/h2-8,10-11H,9,12-14H2,1H3. The molecule has 0 N–H and O–H groups in total. The van der Waals surface area contributed by atoms with Crippen molar-refractivity contribution < 1.29 is 13.9 Å². The maximum Gasteiger partial charge on any atom is 0.222 e. The molecule has 2 aromatic rings. The first kappa shape index (κ1) is 16.0. The molecule has 0 radical (unpaired) electrons. The van der Waals surface area contributed by atoms with Crippen LogP contribution in [0.4, 0.5) is 4.39 Å². The average molecular weight is 301 g/mol. The zero-order chi connectivity index (χ0) is 15.8. The van der Waals surface area contributed by atoms with Crippen molar-refractivity contribution in [3.63, 3.8) is 0 Å². The molecule has 116 valence electrons. The van der Waals surface area contributed by atoms with Crippen LogP contribution in [0.2, 0.25) is 0 Å². The van der Waals surface area contributed by atoms with Gasteiger partial charge in [-0.1, -0.05) is 30.3 Å². The molecule has 3 nitrogen and oxygen atoms in total. The van der Waals surface area contributed by atoms with Crippen LogP contribution in [0.1, 0.15) is 12.0 Å². The Hall–Kier alpha value is -2.36. The van der Waals surface area contributed by atoms with Crippen LogP contribution in [-0.4, -0.2) is 31.0 Å². The van der Waals surface area contributed by atoms with E-state index in [0.29, 0.717) is 26.0 Å². The van der Waals surface area contributed by atoms with Crippen molar-refractivity contribution >= 4 is 5.91 Å². The fraction of sp³-hybridized carbons (Fsp3) is 0.278. The molecule has 0 fully saturated rings. The Bertz CT molecular complexity index is 584. The minimum absolute atomic E-state index is 0.0565. The maximum absolute atomic E-state index is 12.8. The van der Waals surface area contributed by atoms with Crippen molar-refractivity contribution in [2.75, 3.05) is 20.2 Å². The number of rotatable bonds is 7. The highest BCUT2D eigenvalue weighted by molar-refractivity contribution is 5.76. The van der Waals surface area contributed by atoms with Crippen LogP contribution in [0.3, 0.4) is 0 Å². The predicted molar refractivity (Wildman–Crippen MR) is 84.3 cm³/mol. The number of likely N-dealkylation sites (N-methyl/N-ethyl adjacent to an activating group) is 1. The molecule has 2 aromatic carbocycles. The van der Waals surface area contributed by atoms with E-state index in [9.17, 15) is 9.18 Å². The molecule has 0 spiro atoms. The third kappa shape index (κ3) is 5.20. The molecular formula is C18H20FNO2. The van der Waals surface area contributed by atoms with Crippen molar-refractivity contribution in [3.8, 4) is 5.75 Å². The van der Waals surface area contributed by atoms with Gasteiger partial charge in [-0.2, -0.15) is 0 Å². The Kier molecular flexibility index (Phi) is 5.95. The first-order chi connectivity index (χ1) is 10.6. The molecule has 0 heterocycles. The Morgan fingerprint density at radius 2 is 1.77 bits per heavy atom. The summed E-state index contributed by atoms with van der Waals surface area (Å²) in [7, 11) is 1.77. The number of aryl methyl sites for hydroxylation is 1. The normalized spacial score (nSPS) is 10.3. The molecule has 0 aliphatic rings. The van der Waals surface area contributed by atoms with Crippen LogP contribution in [0.15, 0.2) is 54.6 Å². The minimum Gasteiger partial charge on any atom is -0.492 e. The van der Waals surface area contributed by atoms with E-state index in [1.54, 1.807) is 24.1 Å². The number of ether oxygens (including phenoxy) is 1. The quantitative estimate of drug-likeness (QED) is 0.785. The van der Waals surface area contributed by atoms with Gasteiger partial charge in [0.1, 0.15) is 18.2 Å². The minimum atomic E-state index is -0.259. The van der Waals surface area contributed by atoms with Gasteiger partial charge in [0.2, 0.25) is 5.91 Å². The molecule has 22 heavy (non-hydrogen) atoms. The monoisotopic (exact) mass is 301 g/mol. The van der Waals surface area contributed by atoms with Crippen LogP contribution in [-0.2, 0) is 11.2 Å². The fourth-order valence-corrected chi connectivity index (χ4v) is 2.04. The summed E-state index contributed by atoms with van der Waals surface area (Å²) in [4.78, 5) is 13.7. The third-order valence-corrected chi connectivity index (χ3v) is 3.41. The van der Waals surface area contributed by atoms with Gasteiger partial charge in [-0.15, -0.1) is 0 Å². The highest BCUT2D eigenvalue weighted by Crippen LogP contribution is 2.09. The highest BCUT2D eigenvalue weighted by atomic mass is 19.1. The van der Waals surface area contributed by atoms with E-state index in [0.717, 1.165) is 11.3 Å². The van der Waals surface area contributed by atoms with Crippen molar-refractivity contribution in [3.05, 3.63) is 66.0 Å². The van der Waals surface area contributed by atoms with Crippen molar-refractivity contribution in [2.45, 2.75) is 12.8 Å². The number of hydrogen-bond donors (Lipinski definition) is 0. The van der Waals surface area contributed by atoms with Gasteiger partial charge in [-0.05, 0) is 36.2 Å². The molecule has 0 bridgehead atoms. The lowest BCUT2D eigenvalue weighted by atomic mass is 10.1. The summed E-state index contributed by atoms with van der Waals surface area (Å²) < 4.78 is 18.4. The molecule has 2 rings (SSSR count). The predicted octanol–water partition coefficient (Wildman–Crippen LogP) is 3.30. The molecule has 0 unspecified atom stereocenters. The summed E-state index contributed by atoms with van der Waals surface area (Å²) in [5.41, 5.74) is 0.962. The van der Waals surface area contributed by atoms with Crippen molar-refractivity contribution in [1.82, 2.24) is 4.90 Å². The van der Waals surface area contributed by atoms with Crippen LogP contribution in [0, 0.1) is 5.82 Å². The van der Waals surface area contributed by atoms with E-state index < -0.39 is 0 Å². The van der Waals surface area contributed by atoms with Gasteiger partial charge in [0.25, 0.3) is 0 Å². The first-order valence-corrected chi connectivity index (χ1v) is 7.31. The van der Waals surface area contributed by atoms with Gasteiger partial charge in [0, 0.05) is 13.5 Å². The summed E-state index contributed by atoms with van der Waals surface area (Å²) in [6.07, 6.45) is 1.02. The van der Waals surface area contributed by atoms with Gasteiger partial charge in [0.15, 0.2) is 0 Å². The van der Waals surface area contributed by atoms with E-state index in [2.05, 4.69) is 0 Å². The first-order valence-electron chi connectivity index (χ1n) is 7.31. The van der Waals surface area contributed by atoms with E-state index >= 15 is 0 Å². The number of carbonyl (C=O) groups is 1. The smallest absolute Gasteiger partial charge is 0.222 e. The van der Waals surface area contributed by atoms with E-state index in [-0.39, 0.29) is 11.7 Å². The molecule has 0 aliphatic heterocycles. The number of amides is 1. The lowest BCUT2D eigenvalue weighted by Crippen LogP contribution is -2.31. The van der Waals surface area contributed by atoms with Crippen LogP contribution in [0.25, 0.3) is 0 Å². The number of benzene rings is 2. The van der Waals surface area contributed by atoms with Crippen LogP contribution < -0.4 is 4.74 Å². The average Bonchev–Trinajstić information content (AvgIpc) is 2.55. The van der Waals surface area contributed by atoms with Crippen LogP contribution in [0.5, 0.6) is 5.75 Å². The summed E-state index contributed by atoms with van der Waals surface area (Å²) in [6, 6.07) is 15.8. The summed E-state index contributed by atoms with van der Waals surface area (Å²) in [6.45, 7) is 1.000. The molecule has 4 heteroatoms. The molecule has 0 aliphatic carbocycles. The Morgan fingerprint density at radius 1 is 1.09 bits per heavy atom. The molecule has 1 amide bonds. The highest BCUT2D eigenvalue weighted by Gasteiger charge is 2.09. The zero-order valence-corrected chi connectivity index (χ0v) is 12.7. The van der Waals surface area contributed by atoms with E-state index in [4.69, 9.17) is 4.74 Å². The summed E-state index contributed by atoms with van der Waals surface area (Å²) in [5.74, 6) is 0.598. The number of halogens is 1. The number of para-hydroxylation sites is 1. The molecule has 0 atom stereocenters. The SMILES string of the molecule is CN(CCOc1ccccc1)C(=O)CCc1ccc(F)cc1. The zero-order valence-electron chi connectivity index (χ0n) is 12.7. The van der Waals surface area contributed by atoms with Crippen LogP contribution >= 0.6 is 0 Å². The largest absolute Gasteiger partial charge is 0.492 e. The molecule has 0 saturated carbocycles. The van der Waals surface area contributed by atoms with Gasteiger partial charge >= 0.3 is 0 Å². The number of nitrogens with zero attached hydrogens (tertiary/aromatic N) is 1. The van der Waals surface area contributed by atoms with E-state index in [1.165, 1.54) is 12.1 Å². The molecule has 0 aromatic heterocycles. The van der Waals surface area contributed by atoms with Gasteiger partial charge in [-0.3, -0.25) is 4.79 Å². The Labute approximate surface area is 130 Å². The van der Waals surface area contributed by atoms with Gasteiger partial charge in [-0.25, -0.2) is 4.39 Å². The Morgan fingerprint density at radius 3 is 2.45 bits per heavy atom. The van der Waals surface area contributed by atoms with Crippen molar-refractivity contribution in [2.24, 2.45) is 0 Å². The molecular weight excluding hydrogens is 281 g/mol. The van der Waals surface area contributed by atoms with Gasteiger partial charge in [0.05, 0.1) is 6.54 Å². The Balaban J connectivity index is 1.69. The summed E-state index contributed by atoms with van der Waals surface area (Å²) >= 11 is 0. The topological polar surface area (TPSA) is 29.5 Å². The van der Waals surface area contributed by atoms with Gasteiger partial charge < -0.3 is 9.64 Å². The van der Waals surface area contributed by atoms with Crippen molar-refractivity contribution in [1.29, 1.82) is 0 Å². The lowest BCUT2D eigenvalue weighted by molar-refractivity contribution is -0.130. The lowest BCUT2D eigenvalue weighted by Gasteiger charge is -2.17. The third-order valence-electron chi connectivity index (χ3n) is 3.41. The second-order valence-corrected chi connectivity index (χ2v) is 5.10. The van der Waals surface area contributed by atoms with E-state index in [1.807, 2.05) is 30.3 Å². The number of carbonyl (C=O) groups excluding carboxylic acids is 1. The molecule has 0 saturated heterocycles. The maximum atomic E-state index is 12.8. The fourth-order valence-electron chi connectivity index (χ4n) is 2.04. The second kappa shape index (κ2) is 8.17.